The molecule has 0 atom stereocenters. The first-order valence-electron chi connectivity index (χ1n) is 3.52. The van der Waals surface area contributed by atoms with Crippen LogP contribution in [-0.2, 0) is 0 Å². The maximum atomic E-state index is 11.8. The highest BCUT2D eigenvalue weighted by Gasteiger charge is 2.20. The monoisotopic (exact) mass is 148 g/mol. The largest absolute Gasteiger partial charge is 0.329 e. The van der Waals surface area contributed by atoms with Gasteiger partial charge in [0.2, 0.25) is 0 Å². The average Bonchev–Trinajstić information content (AvgIpc) is 1.89. The highest BCUT2D eigenvalue weighted by atomic mass is 19.1. The molecule has 2 nitrogen and oxygen atoms in total. The van der Waals surface area contributed by atoms with Crippen LogP contribution in [0.25, 0.3) is 0 Å². The van der Waals surface area contributed by atoms with E-state index in [9.17, 15) is 4.39 Å². The Morgan fingerprint density at radius 2 is 2.00 bits per heavy atom. The summed E-state index contributed by atoms with van der Waals surface area (Å²) in [5.74, 6) is 0. The van der Waals surface area contributed by atoms with Gasteiger partial charge in [0.25, 0.3) is 0 Å². The van der Waals surface area contributed by atoms with Crippen molar-refractivity contribution >= 4 is 0 Å². The van der Waals surface area contributed by atoms with Gasteiger partial charge in [0.05, 0.1) is 0 Å². The fourth-order valence-corrected chi connectivity index (χ4v) is 0.585. The summed E-state index contributed by atoms with van der Waals surface area (Å²) >= 11 is 0. The van der Waals surface area contributed by atoms with E-state index in [2.05, 4.69) is 0 Å². The van der Waals surface area contributed by atoms with Gasteiger partial charge in [-0.3, -0.25) is 4.90 Å². The summed E-state index contributed by atoms with van der Waals surface area (Å²) in [6.45, 7) is 4.72. The molecule has 0 aromatic rings. The number of hydrogen-bond acceptors (Lipinski definition) is 2. The molecule has 0 heterocycles. The predicted octanol–water partition coefficient (Wildman–Crippen LogP) is 0.625. The molecule has 62 valence electrons. The van der Waals surface area contributed by atoms with Gasteiger partial charge in [-0.15, -0.1) is 0 Å². The molecule has 0 aliphatic rings. The Labute approximate surface area is 62.2 Å². The van der Waals surface area contributed by atoms with E-state index in [4.69, 9.17) is 5.73 Å². The topological polar surface area (TPSA) is 29.3 Å². The van der Waals surface area contributed by atoms with E-state index in [0.29, 0.717) is 13.1 Å². The van der Waals surface area contributed by atoms with Crippen molar-refractivity contribution in [3.05, 3.63) is 0 Å². The minimum absolute atomic E-state index is 0.0773. The summed E-state index contributed by atoms with van der Waals surface area (Å²) < 4.78 is 11.8. The third kappa shape index (κ3) is 2.62. The number of nitrogens with zero attached hydrogens (tertiary/aromatic N) is 1. The van der Waals surface area contributed by atoms with Gasteiger partial charge in [0.15, 0.2) is 0 Å². The van der Waals surface area contributed by atoms with E-state index in [1.54, 1.807) is 0 Å². The Kier molecular flexibility index (Phi) is 3.83. The van der Waals surface area contributed by atoms with Gasteiger partial charge in [-0.05, 0) is 20.9 Å². The summed E-state index contributed by atoms with van der Waals surface area (Å²) in [7, 11) is 1.88. The van der Waals surface area contributed by atoms with Crippen LogP contribution < -0.4 is 5.73 Å². The van der Waals surface area contributed by atoms with Gasteiger partial charge in [-0.2, -0.15) is 0 Å². The molecule has 0 fully saturated rings. The van der Waals surface area contributed by atoms with E-state index >= 15 is 0 Å². The first-order valence-corrected chi connectivity index (χ1v) is 3.52. The molecule has 0 rings (SSSR count). The van der Waals surface area contributed by atoms with Gasteiger partial charge >= 0.3 is 0 Å². The van der Waals surface area contributed by atoms with Gasteiger partial charge in [0.1, 0.15) is 6.67 Å². The predicted molar refractivity (Wildman–Crippen MR) is 41.7 cm³/mol. The van der Waals surface area contributed by atoms with Gasteiger partial charge in [-0.25, -0.2) is 4.39 Å². The van der Waals surface area contributed by atoms with E-state index < -0.39 is 0 Å². The molecule has 0 saturated heterocycles. The maximum absolute atomic E-state index is 11.8. The highest BCUT2D eigenvalue weighted by molar-refractivity contribution is 4.79. The zero-order chi connectivity index (χ0) is 8.20. The Morgan fingerprint density at radius 1 is 1.50 bits per heavy atom. The van der Waals surface area contributed by atoms with Crippen molar-refractivity contribution in [3.8, 4) is 0 Å². The van der Waals surface area contributed by atoms with Crippen molar-refractivity contribution in [1.82, 2.24) is 4.90 Å². The molecule has 10 heavy (non-hydrogen) atoms. The Morgan fingerprint density at radius 3 is 2.30 bits per heavy atom. The van der Waals surface area contributed by atoms with Crippen LogP contribution in [0.15, 0.2) is 0 Å². The van der Waals surface area contributed by atoms with Crippen molar-refractivity contribution in [3.63, 3.8) is 0 Å². The van der Waals surface area contributed by atoms with Crippen LogP contribution in [0.2, 0.25) is 0 Å². The molecule has 0 bridgehead atoms. The van der Waals surface area contributed by atoms with E-state index in [-0.39, 0.29) is 12.2 Å². The zero-order valence-electron chi connectivity index (χ0n) is 7.02. The summed E-state index contributed by atoms with van der Waals surface area (Å²) in [4.78, 5) is 1.92. The van der Waals surface area contributed by atoms with Crippen LogP contribution in [0, 0.1) is 0 Å². The number of rotatable bonds is 4. The fraction of sp³-hybridized carbons (Fsp3) is 1.00. The smallest absolute Gasteiger partial charge is 0.102 e. The summed E-state index contributed by atoms with van der Waals surface area (Å²) in [5, 5.41) is 0. The molecule has 3 heteroatoms. The van der Waals surface area contributed by atoms with Crippen molar-refractivity contribution in [2.45, 2.75) is 19.4 Å². The quantitative estimate of drug-likeness (QED) is 0.633. The molecular weight excluding hydrogens is 131 g/mol. The second-order valence-corrected chi connectivity index (χ2v) is 3.13. The van der Waals surface area contributed by atoms with Gasteiger partial charge < -0.3 is 5.73 Å². The summed E-state index contributed by atoms with van der Waals surface area (Å²) in [6, 6.07) is 0. The third-order valence-corrected chi connectivity index (χ3v) is 1.95. The SMILES string of the molecule is CN(CCF)C(C)(C)CN. The van der Waals surface area contributed by atoms with Crippen LogP contribution >= 0.6 is 0 Å². The molecular formula is C7H17FN2. The minimum atomic E-state index is -0.306. The molecule has 0 saturated carbocycles. The number of halogens is 1. The molecule has 0 unspecified atom stereocenters. The lowest BCUT2D eigenvalue weighted by atomic mass is 10.0. The fourth-order valence-electron chi connectivity index (χ4n) is 0.585. The van der Waals surface area contributed by atoms with Crippen LogP contribution in [0.3, 0.4) is 0 Å². The van der Waals surface area contributed by atoms with Gasteiger partial charge in [0, 0.05) is 18.6 Å². The third-order valence-electron chi connectivity index (χ3n) is 1.95. The van der Waals surface area contributed by atoms with Crippen LogP contribution in [-0.4, -0.2) is 37.3 Å². The maximum Gasteiger partial charge on any atom is 0.102 e. The van der Waals surface area contributed by atoms with E-state index in [1.807, 2.05) is 25.8 Å². The van der Waals surface area contributed by atoms with Crippen LogP contribution in [0.1, 0.15) is 13.8 Å². The standard InChI is InChI=1S/C7H17FN2/c1-7(2,6-9)10(3)5-4-8/h4-6,9H2,1-3H3. The molecule has 0 aliphatic carbocycles. The molecule has 0 aromatic heterocycles. The molecule has 0 amide bonds. The second kappa shape index (κ2) is 3.88. The van der Waals surface area contributed by atoms with Crippen LogP contribution in [0.5, 0.6) is 0 Å². The first kappa shape index (κ1) is 9.85. The van der Waals surface area contributed by atoms with Crippen LogP contribution in [0.4, 0.5) is 4.39 Å². The van der Waals surface area contributed by atoms with Gasteiger partial charge in [-0.1, -0.05) is 0 Å². The zero-order valence-corrected chi connectivity index (χ0v) is 7.02. The van der Waals surface area contributed by atoms with Crippen molar-refractivity contribution in [1.29, 1.82) is 0 Å². The molecule has 2 N–H and O–H groups in total. The molecule has 0 radical (unpaired) electrons. The molecule has 0 spiro atoms. The number of likely N-dealkylation sites (N-methyl/N-ethyl adjacent to an activating group) is 1. The molecule has 0 aromatic carbocycles. The Hall–Kier alpha value is -0.150. The molecule has 0 aliphatic heterocycles. The minimum Gasteiger partial charge on any atom is -0.329 e. The summed E-state index contributed by atoms with van der Waals surface area (Å²) in [6.07, 6.45) is 0. The Bertz CT molecular complexity index is 93.6. The normalized spacial score (nSPS) is 12.6. The van der Waals surface area contributed by atoms with E-state index in [0.717, 1.165) is 0 Å². The lowest BCUT2D eigenvalue weighted by molar-refractivity contribution is 0.152. The van der Waals surface area contributed by atoms with Crippen molar-refractivity contribution < 1.29 is 4.39 Å². The lowest BCUT2D eigenvalue weighted by Crippen LogP contribution is -2.47. The Balaban J connectivity index is 3.78. The lowest BCUT2D eigenvalue weighted by Gasteiger charge is -2.33. The second-order valence-electron chi connectivity index (χ2n) is 3.13. The van der Waals surface area contributed by atoms with Crippen molar-refractivity contribution in [2.24, 2.45) is 5.73 Å². The number of alkyl halides is 1. The number of nitrogens with two attached hydrogens (primary N) is 1. The average molecular weight is 148 g/mol. The highest BCUT2D eigenvalue weighted by Crippen LogP contribution is 2.08. The van der Waals surface area contributed by atoms with E-state index in [1.165, 1.54) is 0 Å². The summed E-state index contributed by atoms with van der Waals surface area (Å²) in [5.41, 5.74) is 5.40. The first-order chi connectivity index (χ1) is 4.54. The van der Waals surface area contributed by atoms with Crippen molar-refractivity contribution in [2.75, 3.05) is 26.8 Å². The number of hydrogen-bond donors (Lipinski definition) is 1.